The van der Waals surface area contributed by atoms with Crippen molar-refractivity contribution in [2.75, 3.05) is 9.80 Å². The number of para-hydroxylation sites is 4. The Morgan fingerprint density at radius 3 is 1.67 bits per heavy atom. The second-order valence-corrected chi connectivity index (χ2v) is 13.1. The maximum Gasteiger partial charge on any atom is 0.0716 e. The molecule has 232 valence electrons. The van der Waals surface area contributed by atoms with Crippen LogP contribution in [-0.4, -0.2) is 4.98 Å². The molecule has 9 rings (SSSR count). The van der Waals surface area contributed by atoms with Crippen LogP contribution in [0.4, 0.5) is 34.1 Å². The van der Waals surface area contributed by atoms with Gasteiger partial charge in [-0.25, -0.2) is 0 Å². The average molecular weight is 646 g/mol. The lowest BCUT2D eigenvalue weighted by Crippen LogP contribution is -2.17. The van der Waals surface area contributed by atoms with Crippen LogP contribution in [-0.2, 0) is 0 Å². The first-order valence-corrected chi connectivity index (χ1v) is 17.3. The molecule has 0 aliphatic carbocycles. The number of anilines is 6. The largest absolute Gasteiger partial charge is 0.308 e. The van der Waals surface area contributed by atoms with E-state index in [1.807, 2.05) is 23.7 Å². The van der Waals surface area contributed by atoms with Crippen molar-refractivity contribution in [2.24, 2.45) is 0 Å². The fraction of sp³-hybridized carbons (Fsp3) is 0. The molecule has 3 nitrogen and oxygen atoms in total. The fourth-order valence-electron chi connectivity index (χ4n) is 6.88. The summed E-state index contributed by atoms with van der Waals surface area (Å²) in [6.07, 6.45) is 3.85. The van der Waals surface area contributed by atoms with Gasteiger partial charge in [0.05, 0.1) is 17.1 Å². The maximum atomic E-state index is 4.41. The Kier molecular flexibility index (Phi) is 7.34. The Labute approximate surface area is 289 Å². The van der Waals surface area contributed by atoms with Gasteiger partial charge in [0.2, 0.25) is 0 Å². The molecule has 0 spiro atoms. The Bertz CT molecular complexity index is 2510. The third kappa shape index (κ3) is 5.20. The van der Waals surface area contributed by atoms with Gasteiger partial charge < -0.3 is 9.80 Å². The molecular formula is C45H31N3S. The number of rotatable bonds is 7. The van der Waals surface area contributed by atoms with Gasteiger partial charge in [-0.15, -0.1) is 11.3 Å². The molecule has 0 N–H and O–H groups in total. The minimum Gasteiger partial charge on any atom is -0.308 e. The zero-order chi connectivity index (χ0) is 32.6. The second-order valence-electron chi connectivity index (χ2n) is 12.0. The summed E-state index contributed by atoms with van der Waals surface area (Å²) in [7, 11) is 0. The summed E-state index contributed by atoms with van der Waals surface area (Å²) < 4.78 is 2.51. The molecule has 2 aromatic heterocycles. The highest BCUT2D eigenvalue weighted by atomic mass is 32.1. The normalized spacial score (nSPS) is 11.3. The van der Waals surface area contributed by atoms with E-state index in [4.69, 9.17) is 0 Å². The number of aromatic nitrogens is 1. The zero-order valence-electron chi connectivity index (χ0n) is 26.6. The first kappa shape index (κ1) is 29.0. The van der Waals surface area contributed by atoms with Gasteiger partial charge in [-0.1, -0.05) is 115 Å². The minimum atomic E-state index is 1.09. The van der Waals surface area contributed by atoms with Gasteiger partial charge in [0.1, 0.15) is 0 Å². The van der Waals surface area contributed by atoms with Gasteiger partial charge in [0.25, 0.3) is 0 Å². The lowest BCUT2D eigenvalue weighted by molar-refractivity contribution is 1.23. The number of thiophene rings is 1. The molecule has 0 saturated heterocycles. The van der Waals surface area contributed by atoms with Crippen LogP contribution in [0.25, 0.3) is 42.1 Å². The monoisotopic (exact) mass is 645 g/mol. The highest BCUT2D eigenvalue weighted by Crippen LogP contribution is 2.51. The van der Waals surface area contributed by atoms with Gasteiger partial charge in [-0.05, 0) is 66.2 Å². The summed E-state index contributed by atoms with van der Waals surface area (Å²) in [6, 6.07) is 62.9. The summed E-state index contributed by atoms with van der Waals surface area (Å²) in [5.41, 5.74) is 8.90. The zero-order valence-corrected chi connectivity index (χ0v) is 27.5. The SMILES string of the molecule is c1ccc(-c2ccccc2N(c2ccccc2)c2cc3c(cc2N(c2ccccc2)c2ccccc2)sc2c4ccncc4ccc32)cc1. The van der Waals surface area contributed by atoms with Crippen molar-refractivity contribution in [1.29, 1.82) is 0 Å². The van der Waals surface area contributed by atoms with Gasteiger partial charge in [-0.3, -0.25) is 4.98 Å². The molecule has 0 radical (unpaired) electrons. The van der Waals surface area contributed by atoms with Crippen molar-refractivity contribution in [3.05, 3.63) is 188 Å². The first-order chi connectivity index (χ1) is 24.3. The number of benzene rings is 7. The van der Waals surface area contributed by atoms with E-state index in [0.717, 1.165) is 45.1 Å². The van der Waals surface area contributed by atoms with Crippen LogP contribution in [0.3, 0.4) is 0 Å². The van der Waals surface area contributed by atoms with Gasteiger partial charge in [0.15, 0.2) is 0 Å². The third-order valence-electron chi connectivity index (χ3n) is 9.10. The van der Waals surface area contributed by atoms with Crippen LogP contribution >= 0.6 is 11.3 Å². The second kappa shape index (κ2) is 12.4. The highest BCUT2D eigenvalue weighted by molar-refractivity contribution is 7.26. The smallest absolute Gasteiger partial charge is 0.0716 e. The van der Waals surface area contributed by atoms with Crippen LogP contribution < -0.4 is 9.80 Å². The summed E-state index contributed by atoms with van der Waals surface area (Å²) in [5, 5.41) is 4.87. The molecule has 7 aromatic carbocycles. The Balaban J connectivity index is 1.41. The van der Waals surface area contributed by atoms with E-state index < -0.39 is 0 Å². The first-order valence-electron chi connectivity index (χ1n) is 16.5. The molecule has 0 aliphatic rings. The molecule has 0 saturated carbocycles. The molecule has 9 aromatic rings. The topological polar surface area (TPSA) is 19.4 Å². The third-order valence-corrected chi connectivity index (χ3v) is 10.3. The van der Waals surface area contributed by atoms with E-state index >= 15 is 0 Å². The van der Waals surface area contributed by atoms with E-state index in [0.29, 0.717) is 0 Å². The van der Waals surface area contributed by atoms with Crippen molar-refractivity contribution >= 4 is 76.4 Å². The van der Waals surface area contributed by atoms with Crippen LogP contribution in [0.2, 0.25) is 0 Å². The molecule has 4 heteroatoms. The molecule has 49 heavy (non-hydrogen) atoms. The van der Waals surface area contributed by atoms with Crippen molar-refractivity contribution in [2.45, 2.75) is 0 Å². The Hall–Kier alpha value is -6.23. The maximum absolute atomic E-state index is 4.41. The van der Waals surface area contributed by atoms with Crippen molar-refractivity contribution < 1.29 is 0 Å². The summed E-state index contributed by atoms with van der Waals surface area (Å²) >= 11 is 1.85. The predicted octanol–water partition coefficient (Wildman–Crippen LogP) is 13.2. The molecule has 0 amide bonds. The fourth-order valence-corrected chi connectivity index (χ4v) is 8.13. The molecule has 0 unspecified atom stereocenters. The van der Waals surface area contributed by atoms with Gasteiger partial charge in [-0.2, -0.15) is 0 Å². The number of nitrogens with zero attached hydrogens (tertiary/aromatic N) is 3. The standard InChI is InChI=1S/C45H31N3S/c1-5-15-32(16-6-1)37-23-13-14-24-41(37)48(36-21-11-4-12-22-36)42-29-40-39-26-25-33-31-46-28-27-38(33)45(39)49-44(40)30-43(42)47(34-17-7-2-8-18-34)35-19-9-3-10-20-35/h1-31H. The van der Waals surface area contributed by atoms with Crippen LogP contribution in [0, 0.1) is 0 Å². The van der Waals surface area contributed by atoms with Gasteiger partial charge in [0, 0.05) is 66.0 Å². The van der Waals surface area contributed by atoms with Gasteiger partial charge >= 0.3 is 0 Å². The Morgan fingerprint density at radius 1 is 0.429 bits per heavy atom. The van der Waals surface area contributed by atoms with Crippen LogP contribution in [0.1, 0.15) is 0 Å². The highest BCUT2D eigenvalue weighted by Gasteiger charge is 2.26. The molecule has 0 atom stereocenters. The van der Waals surface area contributed by atoms with Crippen molar-refractivity contribution in [1.82, 2.24) is 4.98 Å². The van der Waals surface area contributed by atoms with E-state index in [2.05, 4.69) is 191 Å². The van der Waals surface area contributed by atoms with E-state index in [1.54, 1.807) is 0 Å². The number of hydrogen-bond donors (Lipinski definition) is 0. The molecular weight excluding hydrogens is 615 g/mol. The summed E-state index contributed by atoms with van der Waals surface area (Å²) in [5.74, 6) is 0. The van der Waals surface area contributed by atoms with Crippen molar-refractivity contribution in [3.8, 4) is 11.1 Å². The van der Waals surface area contributed by atoms with Crippen LogP contribution in [0.15, 0.2) is 188 Å². The van der Waals surface area contributed by atoms with E-state index in [9.17, 15) is 0 Å². The Morgan fingerprint density at radius 2 is 1.00 bits per heavy atom. The molecule has 0 fully saturated rings. The minimum absolute atomic E-state index is 1.09. The number of hydrogen-bond acceptors (Lipinski definition) is 4. The average Bonchev–Trinajstić information content (AvgIpc) is 3.55. The quantitative estimate of drug-likeness (QED) is 0.172. The molecule has 2 heterocycles. The lowest BCUT2D eigenvalue weighted by Gasteiger charge is -2.34. The molecule has 0 bridgehead atoms. The van der Waals surface area contributed by atoms with E-state index in [-0.39, 0.29) is 0 Å². The van der Waals surface area contributed by atoms with Crippen molar-refractivity contribution in [3.63, 3.8) is 0 Å². The van der Waals surface area contributed by atoms with E-state index in [1.165, 1.54) is 31.1 Å². The summed E-state index contributed by atoms with van der Waals surface area (Å²) in [4.78, 5) is 9.23. The number of fused-ring (bicyclic) bond motifs is 5. The lowest BCUT2D eigenvalue weighted by atomic mass is 10.0. The predicted molar refractivity (Wildman–Crippen MR) is 209 cm³/mol. The molecule has 0 aliphatic heterocycles. The summed E-state index contributed by atoms with van der Waals surface area (Å²) in [6.45, 7) is 0. The van der Waals surface area contributed by atoms with Crippen LogP contribution in [0.5, 0.6) is 0 Å². The number of pyridine rings is 1.